The summed E-state index contributed by atoms with van der Waals surface area (Å²) in [5.41, 5.74) is 2.89. The lowest BCUT2D eigenvalue weighted by Crippen LogP contribution is -2.14. The normalized spacial score (nSPS) is 15.8. The highest BCUT2D eigenvalue weighted by atomic mass is 79.9. The SMILES string of the molecule is CCOc1cc2c(cc1NC(=O)c1n[nH]c(C(C)C)c1Br)OC(C)C2. The predicted octanol–water partition coefficient (Wildman–Crippen LogP) is 4.27. The number of rotatable bonds is 5. The summed E-state index contributed by atoms with van der Waals surface area (Å²) in [5, 5.41) is 9.94. The van der Waals surface area contributed by atoms with Crippen molar-refractivity contribution in [3.63, 3.8) is 0 Å². The summed E-state index contributed by atoms with van der Waals surface area (Å²) in [6.07, 6.45) is 0.969. The van der Waals surface area contributed by atoms with Gasteiger partial charge >= 0.3 is 0 Å². The van der Waals surface area contributed by atoms with E-state index in [1.54, 1.807) is 0 Å². The number of amides is 1. The van der Waals surface area contributed by atoms with Gasteiger partial charge in [0, 0.05) is 18.1 Å². The maximum absolute atomic E-state index is 12.7. The molecule has 1 aliphatic rings. The Morgan fingerprint density at radius 3 is 2.92 bits per heavy atom. The van der Waals surface area contributed by atoms with Crippen molar-refractivity contribution >= 4 is 27.5 Å². The Labute approximate surface area is 155 Å². The highest BCUT2D eigenvalue weighted by Crippen LogP contribution is 2.38. The number of aromatic nitrogens is 2. The van der Waals surface area contributed by atoms with Crippen molar-refractivity contribution in [1.82, 2.24) is 10.2 Å². The first kappa shape index (κ1) is 17.8. The van der Waals surface area contributed by atoms with Gasteiger partial charge in [-0.1, -0.05) is 13.8 Å². The van der Waals surface area contributed by atoms with Gasteiger partial charge in [0.2, 0.25) is 0 Å². The monoisotopic (exact) mass is 407 g/mol. The van der Waals surface area contributed by atoms with E-state index < -0.39 is 0 Å². The number of anilines is 1. The highest BCUT2D eigenvalue weighted by Gasteiger charge is 2.24. The van der Waals surface area contributed by atoms with E-state index in [2.05, 4.69) is 31.4 Å². The number of aromatic amines is 1. The smallest absolute Gasteiger partial charge is 0.277 e. The van der Waals surface area contributed by atoms with E-state index in [9.17, 15) is 4.79 Å². The van der Waals surface area contributed by atoms with Crippen LogP contribution in [0.3, 0.4) is 0 Å². The quantitative estimate of drug-likeness (QED) is 0.775. The van der Waals surface area contributed by atoms with Crippen molar-refractivity contribution in [2.45, 2.75) is 46.1 Å². The number of benzene rings is 1. The topological polar surface area (TPSA) is 76.2 Å². The molecule has 25 heavy (non-hydrogen) atoms. The summed E-state index contributed by atoms with van der Waals surface area (Å²) < 4.78 is 12.2. The molecule has 7 heteroatoms. The van der Waals surface area contributed by atoms with Gasteiger partial charge in [0.15, 0.2) is 5.69 Å². The van der Waals surface area contributed by atoms with E-state index in [0.29, 0.717) is 28.2 Å². The van der Waals surface area contributed by atoms with Gasteiger partial charge in [-0.25, -0.2) is 0 Å². The van der Waals surface area contributed by atoms with Gasteiger partial charge < -0.3 is 14.8 Å². The molecule has 1 unspecified atom stereocenters. The van der Waals surface area contributed by atoms with Crippen LogP contribution in [0.2, 0.25) is 0 Å². The first-order valence-electron chi connectivity index (χ1n) is 8.42. The number of nitrogens with one attached hydrogen (secondary N) is 2. The number of nitrogens with zero attached hydrogens (tertiary/aromatic N) is 1. The third-order valence-corrected chi connectivity index (χ3v) is 4.87. The largest absolute Gasteiger partial charge is 0.492 e. The van der Waals surface area contributed by atoms with Crippen molar-refractivity contribution in [1.29, 1.82) is 0 Å². The molecule has 2 N–H and O–H groups in total. The first-order chi connectivity index (χ1) is 11.9. The fraction of sp³-hybridized carbons (Fsp3) is 0.444. The second-order valence-corrected chi connectivity index (χ2v) is 7.22. The number of hydrogen-bond acceptors (Lipinski definition) is 4. The molecule has 0 radical (unpaired) electrons. The summed E-state index contributed by atoms with van der Waals surface area (Å²) in [7, 11) is 0. The predicted molar refractivity (Wildman–Crippen MR) is 99.7 cm³/mol. The molecule has 0 spiro atoms. The van der Waals surface area contributed by atoms with Crippen LogP contribution in [0.5, 0.6) is 11.5 Å². The summed E-state index contributed by atoms with van der Waals surface area (Å²) in [5.74, 6) is 1.36. The maximum Gasteiger partial charge on any atom is 0.277 e. The summed E-state index contributed by atoms with van der Waals surface area (Å²) >= 11 is 3.46. The van der Waals surface area contributed by atoms with Gasteiger partial charge in [-0.15, -0.1) is 0 Å². The van der Waals surface area contributed by atoms with Crippen molar-refractivity contribution in [2.24, 2.45) is 0 Å². The molecule has 0 fully saturated rings. The lowest BCUT2D eigenvalue weighted by atomic mass is 10.1. The molecule has 1 aliphatic heterocycles. The van der Waals surface area contributed by atoms with Gasteiger partial charge in [-0.3, -0.25) is 9.89 Å². The molecule has 1 aromatic heterocycles. The average Bonchev–Trinajstić information content (AvgIpc) is 3.09. The number of hydrogen-bond donors (Lipinski definition) is 2. The zero-order valence-corrected chi connectivity index (χ0v) is 16.4. The fourth-order valence-corrected chi connectivity index (χ4v) is 3.68. The van der Waals surface area contributed by atoms with Crippen LogP contribution in [0.25, 0.3) is 0 Å². The van der Waals surface area contributed by atoms with Gasteiger partial charge in [0.25, 0.3) is 5.91 Å². The molecule has 134 valence electrons. The van der Waals surface area contributed by atoms with E-state index in [0.717, 1.165) is 23.4 Å². The van der Waals surface area contributed by atoms with Crippen LogP contribution in [-0.4, -0.2) is 28.8 Å². The van der Waals surface area contributed by atoms with Crippen LogP contribution >= 0.6 is 15.9 Å². The Hall–Kier alpha value is -2.02. The molecule has 1 amide bonds. The molecule has 1 atom stereocenters. The number of H-pyrrole nitrogens is 1. The zero-order chi connectivity index (χ0) is 18.1. The third kappa shape index (κ3) is 3.51. The van der Waals surface area contributed by atoms with Crippen LogP contribution in [-0.2, 0) is 6.42 Å². The Balaban J connectivity index is 1.89. The van der Waals surface area contributed by atoms with Crippen LogP contribution in [0.15, 0.2) is 16.6 Å². The van der Waals surface area contributed by atoms with Gasteiger partial charge in [-0.05, 0) is 41.8 Å². The summed E-state index contributed by atoms with van der Waals surface area (Å²) in [4.78, 5) is 12.7. The number of fused-ring (bicyclic) bond motifs is 1. The molecule has 0 bridgehead atoms. The Kier molecular flexibility index (Phi) is 5.03. The van der Waals surface area contributed by atoms with Crippen LogP contribution in [0.1, 0.15) is 55.4 Å². The van der Waals surface area contributed by atoms with Crippen LogP contribution < -0.4 is 14.8 Å². The molecule has 0 saturated carbocycles. The number of carbonyl (C=O) groups is 1. The van der Waals surface area contributed by atoms with E-state index >= 15 is 0 Å². The molecule has 1 aromatic carbocycles. The molecule has 0 saturated heterocycles. The third-order valence-electron chi connectivity index (χ3n) is 4.07. The van der Waals surface area contributed by atoms with E-state index in [4.69, 9.17) is 9.47 Å². The first-order valence-corrected chi connectivity index (χ1v) is 9.21. The lowest BCUT2D eigenvalue weighted by Gasteiger charge is -2.13. The minimum absolute atomic E-state index is 0.129. The molecule has 2 aromatic rings. The summed E-state index contributed by atoms with van der Waals surface area (Å²) in [6.45, 7) is 8.52. The van der Waals surface area contributed by atoms with Gasteiger partial charge in [0.05, 0.1) is 22.5 Å². The van der Waals surface area contributed by atoms with Crippen molar-refractivity contribution < 1.29 is 14.3 Å². The molecular formula is C18H22BrN3O3. The fourth-order valence-electron chi connectivity index (χ4n) is 2.87. The standard InChI is InChI=1S/C18H22BrN3O3/c1-5-24-14-7-11-6-10(4)25-13(11)8-12(14)20-18(23)17-15(19)16(9(2)3)21-22-17/h7-10H,5-6H2,1-4H3,(H,20,23)(H,21,22). The number of halogens is 1. The van der Waals surface area contributed by atoms with Crippen molar-refractivity contribution in [3.05, 3.63) is 33.6 Å². The van der Waals surface area contributed by atoms with Crippen molar-refractivity contribution in [3.8, 4) is 11.5 Å². The molecule has 6 nitrogen and oxygen atoms in total. The Bertz CT molecular complexity index is 801. The Morgan fingerprint density at radius 1 is 1.52 bits per heavy atom. The molecular weight excluding hydrogens is 386 g/mol. The lowest BCUT2D eigenvalue weighted by molar-refractivity contribution is 0.102. The molecule has 3 rings (SSSR count). The van der Waals surface area contributed by atoms with Crippen molar-refractivity contribution in [2.75, 3.05) is 11.9 Å². The molecule has 0 aliphatic carbocycles. The van der Waals surface area contributed by atoms with Gasteiger partial charge in [0.1, 0.15) is 17.6 Å². The summed E-state index contributed by atoms with van der Waals surface area (Å²) in [6, 6.07) is 3.77. The minimum atomic E-state index is -0.304. The van der Waals surface area contributed by atoms with E-state index in [1.165, 1.54) is 0 Å². The second kappa shape index (κ2) is 7.07. The molecule has 2 heterocycles. The van der Waals surface area contributed by atoms with Crippen LogP contribution in [0, 0.1) is 0 Å². The highest BCUT2D eigenvalue weighted by molar-refractivity contribution is 9.10. The van der Waals surface area contributed by atoms with Gasteiger partial charge in [-0.2, -0.15) is 5.10 Å². The minimum Gasteiger partial charge on any atom is -0.492 e. The number of carbonyl (C=O) groups excluding carboxylic acids is 1. The van der Waals surface area contributed by atoms with E-state index in [-0.39, 0.29) is 17.9 Å². The Morgan fingerprint density at radius 2 is 2.28 bits per heavy atom. The maximum atomic E-state index is 12.7. The average molecular weight is 408 g/mol. The zero-order valence-electron chi connectivity index (χ0n) is 14.8. The van der Waals surface area contributed by atoms with E-state index in [1.807, 2.05) is 39.8 Å². The number of ether oxygens (including phenoxy) is 2. The second-order valence-electron chi connectivity index (χ2n) is 6.43. The van der Waals surface area contributed by atoms with Crippen LogP contribution in [0.4, 0.5) is 5.69 Å².